The standard InChI is InChI=1S/C15H12F3N3O2/c1-8-21-13-9(6-19)2-4-11(14(13)22-8)23-10-3-5-12(20-7-10)15(16,17)18/h2-5,7H,6,19H2,1H3. The maximum absolute atomic E-state index is 12.5. The van der Waals surface area contributed by atoms with Gasteiger partial charge in [0.15, 0.2) is 17.2 Å². The van der Waals surface area contributed by atoms with Crippen molar-refractivity contribution in [1.82, 2.24) is 9.97 Å². The smallest absolute Gasteiger partial charge is 0.433 e. The summed E-state index contributed by atoms with van der Waals surface area (Å²) < 4.78 is 48.6. The molecule has 23 heavy (non-hydrogen) atoms. The van der Waals surface area contributed by atoms with E-state index < -0.39 is 11.9 Å². The molecule has 0 aliphatic heterocycles. The molecule has 0 amide bonds. The molecule has 0 saturated heterocycles. The van der Waals surface area contributed by atoms with Crippen molar-refractivity contribution in [3.05, 3.63) is 47.6 Å². The second kappa shape index (κ2) is 5.54. The third-order valence-electron chi connectivity index (χ3n) is 3.17. The number of hydrogen-bond donors (Lipinski definition) is 1. The highest BCUT2D eigenvalue weighted by Gasteiger charge is 2.32. The van der Waals surface area contributed by atoms with E-state index in [0.29, 0.717) is 22.7 Å². The molecule has 2 heterocycles. The topological polar surface area (TPSA) is 74.2 Å². The number of pyridine rings is 1. The summed E-state index contributed by atoms with van der Waals surface area (Å²) in [5, 5.41) is 0. The fourth-order valence-electron chi connectivity index (χ4n) is 2.12. The number of nitrogens with two attached hydrogens (primary N) is 1. The normalized spacial score (nSPS) is 11.9. The highest BCUT2D eigenvalue weighted by atomic mass is 19.4. The maximum Gasteiger partial charge on any atom is 0.433 e. The van der Waals surface area contributed by atoms with Crippen LogP contribution in [-0.2, 0) is 12.7 Å². The van der Waals surface area contributed by atoms with E-state index in [1.807, 2.05) is 0 Å². The van der Waals surface area contributed by atoms with E-state index >= 15 is 0 Å². The molecule has 0 aliphatic rings. The fourth-order valence-corrected chi connectivity index (χ4v) is 2.12. The van der Waals surface area contributed by atoms with Crippen LogP contribution in [0.25, 0.3) is 11.1 Å². The summed E-state index contributed by atoms with van der Waals surface area (Å²) in [7, 11) is 0. The number of aryl methyl sites for hydroxylation is 1. The Morgan fingerprint density at radius 2 is 2.00 bits per heavy atom. The zero-order valence-corrected chi connectivity index (χ0v) is 12.0. The van der Waals surface area contributed by atoms with Gasteiger partial charge in [0.1, 0.15) is 17.0 Å². The van der Waals surface area contributed by atoms with Gasteiger partial charge in [0.25, 0.3) is 0 Å². The van der Waals surface area contributed by atoms with Crippen LogP contribution in [0.4, 0.5) is 13.2 Å². The number of hydrogen-bond acceptors (Lipinski definition) is 5. The number of ether oxygens (including phenoxy) is 1. The SMILES string of the molecule is Cc1nc2c(CN)ccc(Oc3ccc(C(F)(F)F)nc3)c2o1. The molecule has 2 aromatic heterocycles. The Kier molecular flexibility index (Phi) is 3.69. The molecule has 0 atom stereocenters. The van der Waals surface area contributed by atoms with Crippen LogP contribution in [0.1, 0.15) is 17.1 Å². The van der Waals surface area contributed by atoms with Gasteiger partial charge < -0.3 is 14.9 Å². The first-order valence-corrected chi connectivity index (χ1v) is 6.68. The first-order chi connectivity index (χ1) is 10.9. The lowest BCUT2D eigenvalue weighted by Gasteiger charge is -2.09. The van der Waals surface area contributed by atoms with E-state index in [9.17, 15) is 13.2 Å². The average molecular weight is 323 g/mol. The van der Waals surface area contributed by atoms with Crippen LogP contribution in [0.15, 0.2) is 34.9 Å². The van der Waals surface area contributed by atoms with Crippen LogP contribution in [0.2, 0.25) is 0 Å². The van der Waals surface area contributed by atoms with Crippen molar-refractivity contribution < 1.29 is 22.3 Å². The van der Waals surface area contributed by atoms with E-state index in [0.717, 1.165) is 17.8 Å². The van der Waals surface area contributed by atoms with Gasteiger partial charge in [-0.15, -0.1) is 0 Å². The van der Waals surface area contributed by atoms with Crippen molar-refractivity contribution >= 4 is 11.1 Å². The molecule has 1 aromatic carbocycles. The minimum absolute atomic E-state index is 0.161. The molecule has 0 radical (unpaired) electrons. The number of benzene rings is 1. The Balaban J connectivity index is 1.96. The Hall–Kier alpha value is -2.61. The number of nitrogens with zero attached hydrogens (tertiary/aromatic N) is 2. The molecular weight excluding hydrogens is 311 g/mol. The van der Waals surface area contributed by atoms with Gasteiger partial charge in [-0.25, -0.2) is 9.97 Å². The zero-order chi connectivity index (χ0) is 16.6. The van der Waals surface area contributed by atoms with Gasteiger partial charge in [-0.2, -0.15) is 13.2 Å². The molecule has 0 fully saturated rings. The molecule has 2 N–H and O–H groups in total. The van der Waals surface area contributed by atoms with E-state index in [2.05, 4.69) is 9.97 Å². The largest absolute Gasteiger partial charge is 0.452 e. The predicted octanol–water partition coefficient (Wildman–Crippen LogP) is 3.80. The van der Waals surface area contributed by atoms with Crippen molar-refractivity contribution in [3.8, 4) is 11.5 Å². The molecule has 5 nitrogen and oxygen atoms in total. The number of halogens is 3. The highest BCUT2D eigenvalue weighted by molar-refractivity contribution is 5.83. The summed E-state index contributed by atoms with van der Waals surface area (Å²) in [5.41, 5.74) is 6.42. The third-order valence-corrected chi connectivity index (χ3v) is 3.17. The Labute approximate surface area is 128 Å². The van der Waals surface area contributed by atoms with Crippen LogP contribution < -0.4 is 10.5 Å². The van der Waals surface area contributed by atoms with Crippen molar-refractivity contribution in [2.75, 3.05) is 0 Å². The zero-order valence-electron chi connectivity index (χ0n) is 12.0. The fraction of sp³-hybridized carbons (Fsp3) is 0.200. The number of alkyl halides is 3. The van der Waals surface area contributed by atoms with Crippen molar-refractivity contribution in [2.45, 2.75) is 19.6 Å². The first kappa shape index (κ1) is 15.3. The minimum Gasteiger partial charge on any atom is -0.452 e. The summed E-state index contributed by atoms with van der Waals surface area (Å²) in [6, 6.07) is 5.41. The minimum atomic E-state index is -4.49. The van der Waals surface area contributed by atoms with E-state index in [-0.39, 0.29) is 12.3 Å². The Morgan fingerprint density at radius 3 is 2.61 bits per heavy atom. The molecule has 0 spiro atoms. The molecule has 3 rings (SSSR count). The molecule has 120 valence electrons. The van der Waals surface area contributed by atoms with Crippen molar-refractivity contribution in [3.63, 3.8) is 0 Å². The molecule has 3 aromatic rings. The lowest BCUT2D eigenvalue weighted by atomic mass is 10.2. The van der Waals surface area contributed by atoms with Gasteiger partial charge in [-0.1, -0.05) is 6.07 Å². The molecule has 0 aliphatic carbocycles. The van der Waals surface area contributed by atoms with Crippen LogP contribution in [-0.4, -0.2) is 9.97 Å². The molecular formula is C15H12F3N3O2. The lowest BCUT2D eigenvalue weighted by Crippen LogP contribution is -2.07. The summed E-state index contributed by atoms with van der Waals surface area (Å²) in [6.07, 6.45) is -3.48. The van der Waals surface area contributed by atoms with Crippen molar-refractivity contribution in [1.29, 1.82) is 0 Å². The monoisotopic (exact) mass is 323 g/mol. The van der Waals surface area contributed by atoms with Gasteiger partial charge in [-0.3, -0.25) is 0 Å². The van der Waals surface area contributed by atoms with Crippen LogP contribution in [0.3, 0.4) is 0 Å². The highest BCUT2D eigenvalue weighted by Crippen LogP contribution is 2.33. The van der Waals surface area contributed by atoms with Crippen LogP contribution in [0, 0.1) is 6.92 Å². The summed E-state index contributed by atoms with van der Waals surface area (Å²) >= 11 is 0. The van der Waals surface area contributed by atoms with Crippen molar-refractivity contribution in [2.24, 2.45) is 5.73 Å². The summed E-state index contributed by atoms with van der Waals surface area (Å²) in [5.74, 6) is 0.935. The second-order valence-corrected chi connectivity index (χ2v) is 4.82. The number of fused-ring (bicyclic) bond motifs is 1. The molecule has 0 saturated carbocycles. The maximum atomic E-state index is 12.5. The number of aromatic nitrogens is 2. The molecule has 0 unspecified atom stereocenters. The van der Waals surface area contributed by atoms with Crippen LogP contribution >= 0.6 is 0 Å². The first-order valence-electron chi connectivity index (χ1n) is 6.68. The third kappa shape index (κ3) is 2.98. The Bertz CT molecular complexity index is 842. The lowest BCUT2D eigenvalue weighted by molar-refractivity contribution is -0.141. The van der Waals surface area contributed by atoms with Gasteiger partial charge in [0.2, 0.25) is 0 Å². The second-order valence-electron chi connectivity index (χ2n) is 4.82. The van der Waals surface area contributed by atoms with Gasteiger partial charge in [0.05, 0.1) is 6.20 Å². The quantitative estimate of drug-likeness (QED) is 0.793. The summed E-state index contributed by atoms with van der Waals surface area (Å²) in [6.45, 7) is 1.97. The van der Waals surface area contributed by atoms with Crippen LogP contribution in [0.5, 0.6) is 11.5 Å². The van der Waals surface area contributed by atoms with E-state index in [1.165, 1.54) is 6.07 Å². The average Bonchev–Trinajstić information content (AvgIpc) is 2.89. The molecule has 0 bridgehead atoms. The van der Waals surface area contributed by atoms with Gasteiger partial charge in [-0.05, 0) is 23.8 Å². The summed E-state index contributed by atoms with van der Waals surface area (Å²) in [4.78, 5) is 7.59. The predicted molar refractivity (Wildman–Crippen MR) is 76.0 cm³/mol. The number of rotatable bonds is 3. The molecule has 8 heteroatoms. The van der Waals surface area contributed by atoms with Gasteiger partial charge in [0, 0.05) is 13.5 Å². The Morgan fingerprint density at radius 1 is 1.22 bits per heavy atom. The van der Waals surface area contributed by atoms with E-state index in [1.54, 1.807) is 19.1 Å². The van der Waals surface area contributed by atoms with Gasteiger partial charge >= 0.3 is 6.18 Å². The van der Waals surface area contributed by atoms with E-state index in [4.69, 9.17) is 14.9 Å². The number of oxazole rings is 1.